The minimum Gasteiger partial charge on any atom is -0.309 e. The fraction of sp³-hybridized carbons (Fsp3) is 0.0357. The van der Waals surface area contributed by atoms with Crippen LogP contribution in [0.2, 0.25) is 5.02 Å². The van der Waals surface area contributed by atoms with Gasteiger partial charge in [0, 0.05) is 21.8 Å². The molecular formula is C56H36ClN. The topological polar surface area (TPSA) is 3.24 Å². The molecule has 1 spiro atoms. The van der Waals surface area contributed by atoms with Crippen LogP contribution in [-0.4, -0.2) is 0 Å². The van der Waals surface area contributed by atoms with Crippen LogP contribution < -0.4 is 4.90 Å². The van der Waals surface area contributed by atoms with Crippen LogP contribution in [0.4, 0.5) is 17.1 Å². The number of fused-ring (bicyclic) bond motifs is 13. The highest BCUT2D eigenvalue weighted by Crippen LogP contribution is 2.66. The molecule has 9 aromatic rings. The van der Waals surface area contributed by atoms with E-state index in [-0.39, 0.29) is 0 Å². The number of benzene rings is 9. The van der Waals surface area contributed by atoms with Gasteiger partial charge in [-0.15, -0.1) is 0 Å². The summed E-state index contributed by atoms with van der Waals surface area (Å²) < 4.78 is 0. The van der Waals surface area contributed by atoms with E-state index >= 15 is 0 Å². The lowest BCUT2D eigenvalue weighted by atomic mass is 9.68. The summed E-state index contributed by atoms with van der Waals surface area (Å²) in [4.78, 5) is 2.48. The Bertz CT molecular complexity index is 2910. The highest BCUT2D eigenvalue weighted by atomic mass is 35.5. The first-order chi connectivity index (χ1) is 28.7. The second kappa shape index (κ2) is 12.5. The van der Waals surface area contributed by atoms with E-state index in [0.29, 0.717) is 5.02 Å². The molecule has 3 aliphatic rings. The third-order valence-corrected chi connectivity index (χ3v) is 13.2. The Morgan fingerprint density at radius 3 is 1.19 bits per heavy atom. The van der Waals surface area contributed by atoms with E-state index in [0.717, 1.165) is 17.1 Å². The van der Waals surface area contributed by atoms with E-state index in [9.17, 15) is 0 Å². The molecule has 0 aliphatic heterocycles. The summed E-state index contributed by atoms with van der Waals surface area (Å²) in [5.41, 5.74) is 20.1. The molecule has 272 valence electrons. The van der Waals surface area contributed by atoms with Gasteiger partial charge < -0.3 is 4.90 Å². The van der Waals surface area contributed by atoms with E-state index in [4.69, 9.17) is 11.6 Å². The van der Waals surface area contributed by atoms with Gasteiger partial charge in [-0.2, -0.15) is 0 Å². The predicted octanol–water partition coefficient (Wildman–Crippen LogP) is 14.5. The molecule has 0 heterocycles. The average molecular weight is 758 g/mol. The van der Waals surface area contributed by atoms with Gasteiger partial charge in [-0.3, -0.25) is 0 Å². The fourth-order valence-corrected chi connectivity index (χ4v) is 11.2. The minimum atomic E-state index is -0.531. The maximum atomic E-state index is 6.95. The predicted molar refractivity (Wildman–Crippen MR) is 240 cm³/mol. The lowest BCUT2D eigenvalue weighted by molar-refractivity contribution is 0.768. The van der Waals surface area contributed by atoms with Crippen molar-refractivity contribution in [3.8, 4) is 33.4 Å². The van der Waals surface area contributed by atoms with Gasteiger partial charge in [-0.25, -0.2) is 0 Å². The summed E-state index contributed by atoms with van der Waals surface area (Å²) in [7, 11) is 0. The van der Waals surface area contributed by atoms with Crippen LogP contribution in [0.25, 0.3) is 33.4 Å². The van der Waals surface area contributed by atoms with Crippen LogP contribution in [-0.2, 0) is 10.8 Å². The van der Waals surface area contributed by atoms with Gasteiger partial charge in [-0.1, -0.05) is 200 Å². The number of hydrogen-bond donors (Lipinski definition) is 0. The molecule has 0 atom stereocenters. The Morgan fingerprint density at radius 2 is 0.690 bits per heavy atom. The van der Waals surface area contributed by atoms with E-state index in [1.807, 2.05) is 6.07 Å². The zero-order valence-electron chi connectivity index (χ0n) is 31.6. The van der Waals surface area contributed by atoms with Gasteiger partial charge in [0.25, 0.3) is 0 Å². The third kappa shape index (κ3) is 4.26. The van der Waals surface area contributed by atoms with Crippen LogP contribution >= 0.6 is 11.6 Å². The summed E-state index contributed by atoms with van der Waals surface area (Å²) in [5, 5.41) is 0.696. The van der Waals surface area contributed by atoms with Crippen molar-refractivity contribution >= 4 is 28.7 Å². The zero-order chi connectivity index (χ0) is 38.4. The third-order valence-electron chi connectivity index (χ3n) is 13.0. The summed E-state index contributed by atoms with van der Waals surface area (Å²) in [6, 6.07) is 80.4. The van der Waals surface area contributed by atoms with E-state index in [2.05, 4.69) is 217 Å². The second-order valence-corrected chi connectivity index (χ2v) is 16.1. The molecule has 0 amide bonds. The van der Waals surface area contributed by atoms with Crippen LogP contribution in [0.15, 0.2) is 218 Å². The molecule has 0 saturated heterocycles. The summed E-state index contributed by atoms with van der Waals surface area (Å²) in [6.45, 7) is 0. The largest absolute Gasteiger partial charge is 0.309 e. The smallest absolute Gasteiger partial charge is 0.0726 e. The Morgan fingerprint density at radius 1 is 0.310 bits per heavy atom. The van der Waals surface area contributed by atoms with Crippen LogP contribution in [0.1, 0.15) is 44.5 Å². The first kappa shape index (κ1) is 33.2. The SMILES string of the molecule is Clc1cccc(N(c2cccc3c2-c2ccccc2C3(c2ccccc2)c2ccccc2)c2cccc3c2-c2ccccc2C32c3ccccc3-c3ccccc32)c1. The van der Waals surface area contributed by atoms with Crippen molar-refractivity contribution < 1.29 is 0 Å². The van der Waals surface area contributed by atoms with Crippen molar-refractivity contribution in [2.75, 3.05) is 4.90 Å². The molecule has 0 fully saturated rings. The number of anilines is 3. The number of halogens is 1. The van der Waals surface area contributed by atoms with Gasteiger partial charge in [0.05, 0.1) is 22.2 Å². The van der Waals surface area contributed by atoms with Crippen molar-refractivity contribution in [3.05, 3.63) is 268 Å². The summed E-state index contributed by atoms with van der Waals surface area (Å²) in [5.74, 6) is 0. The highest BCUT2D eigenvalue weighted by Gasteiger charge is 2.53. The molecule has 2 heteroatoms. The van der Waals surface area contributed by atoms with Crippen molar-refractivity contribution in [2.45, 2.75) is 10.8 Å². The van der Waals surface area contributed by atoms with Gasteiger partial charge in [0.2, 0.25) is 0 Å². The van der Waals surface area contributed by atoms with Crippen molar-refractivity contribution in [3.63, 3.8) is 0 Å². The van der Waals surface area contributed by atoms with E-state index in [1.165, 1.54) is 77.9 Å². The van der Waals surface area contributed by atoms with Crippen LogP contribution in [0.5, 0.6) is 0 Å². The first-order valence-corrected chi connectivity index (χ1v) is 20.4. The Labute approximate surface area is 344 Å². The lowest BCUT2D eigenvalue weighted by Crippen LogP contribution is -2.28. The Kier molecular flexibility index (Phi) is 7.18. The van der Waals surface area contributed by atoms with Gasteiger partial charge in [0.15, 0.2) is 0 Å². The Balaban J connectivity index is 1.20. The van der Waals surface area contributed by atoms with Gasteiger partial charge >= 0.3 is 0 Å². The number of nitrogens with zero attached hydrogens (tertiary/aromatic N) is 1. The van der Waals surface area contributed by atoms with Crippen LogP contribution in [0, 0.1) is 0 Å². The molecule has 9 aromatic carbocycles. The second-order valence-electron chi connectivity index (χ2n) is 15.6. The van der Waals surface area contributed by atoms with Crippen molar-refractivity contribution in [1.29, 1.82) is 0 Å². The monoisotopic (exact) mass is 757 g/mol. The molecule has 0 aromatic heterocycles. The van der Waals surface area contributed by atoms with Crippen molar-refractivity contribution in [1.82, 2.24) is 0 Å². The average Bonchev–Trinajstić information content (AvgIpc) is 3.88. The minimum absolute atomic E-state index is 0.462. The van der Waals surface area contributed by atoms with Gasteiger partial charge in [0.1, 0.15) is 0 Å². The number of hydrogen-bond acceptors (Lipinski definition) is 1. The lowest BCUT2D eigenvalue weighted by Gasteiger charge is -2.35. The summed E-state index contributed by atoms with van der Waals surface area (Å²) >= 11 is 6.95. The molecule has 12 rings (SSSR count). The molecule has 0 radical (unpaired) electrons. The van der Waals surface area contributed by atoms with E-state index < -0.39 is 10.8 Å². The maximum absolute atomic E-state index is 6.95. The fourth-order valence-electron chi connectivity index (χ4n) is 11.0. The zero-order valence-corrected chi connectivity index (χ0v) is 32.4. The molecule has 0 unspecified atom stereocenters. The summed E-state index contributed by atoms with van der Waals surface area (Å²) in [6.07, 6.45) is 0. The quantitative estimate of drug-likeness (QED) is 0.169. The molecule has 0 N–H and O–H groups in total. The molecule has 0 bridgehead atoms. The van der Waals surface area contributed by atoms with Gasteiger partial charge in [-0.05, 0) is 97.1 Å². The molecule has 1 nitrogen and oxygen atoms in total. The molecule has 3 aliphatic carbocycles. The van der Waals surface area contributed by atoms with Crippen molar-refractivity contribution in [2.24, 2.45) is 0 Å². The number of rotatable bonds is 5. The first-order valence-electron chi connectivity index (χ1n) is 20.0. The Hall–Kier alpha value is -6.93. The standard InChI is InChI=1S/C56H36ClN/c57-39-22-15-23-40(36-39)58(51-34-16-32-49-53(51)43-26-9-13-30-47(43)55(49,37-18-3-1-4-19-37)38-20-5-2-6-21-38)52-35-17-33-50-54(52)44-27-10-14-31-48(44)56(50)45-28-11-7-24-41(45)42-25-8-12-29-46(42)56/h1-36H. The van der Waals surface area contributed by atoms with Crippen LogP contribution in [0.3, 0.4) is 0 Å². The molecular weight excluding hydrogens is 722 g/mol. The molecule has 58 heavy (non-hydrogen) atoms. The van der Waals surface area contributed by atoms with E-state index in [1.54, 1.807) is 0 Å². The normalized spacial score (nSPS) is 14.2. The maximum Gasteiger partial charge on any atom is 0.0726 e. The molecule has 0 saturated carbocycles. The highest BCUT2D eigenvalue weighted by molar-refractivity contribution is 6.31.